The van der Waals surface area contributed by atoms with E-state index in [1.165, 1.54) is 43.7 Å². The van der Waals surface area contributed by atoms with Crippen LogP contribution in [0, 0.1) is 17.1 Å². The lowest BCUT2D eigenvalue weighted by Gasteiger charge is -2.24. The second-order valence-electron chi connectivity index (χ2n) is 8.22. The highest BCUT2D eigenvalue weighted by Crippen LogP contribution is 2.46. The minimum Gasteiger partial charge on any atom is -0.420 e. The number of fused-ring (bicyclic) bond motifs is 1. The van der Waals surface area contributed by atoms with Crippen molar-refractivity contribution in [2.24, 2.45) is 5.73 Å². The maximum absolute atomic E-state index is 14.8. The topological polar surface area (TPSA) is 87.7 Å². The normalized spacial score (nSPS) is 18.9. The van der Waals surface area contributed by atoms with E-state index in [0.717, 1.165) is 5.56 Å². The molecule has 0 amide bonds. The second kappa shape index (κ2) is 7.92. The summed E-state index contributed by atoms with van der Waals surface area (Å²) in [6.45, 7) is 0. The third-order valence-electron chi connectivity index (χ3n) is 6.43. The number of halogens is 1. The number of nitriles is 1. The van der Waals surface area contributed by atoms with Gasteiger partial charge in [0.25, 0.3) is 0 Å². The summed E-state index contributed by atoms with van der Waals surface area (Å²) in [4.78, 5) is 0. The first-order chi connectivity index (χ1) is 15.2. The molecule has 0 bridgehead atoms. The van der Waals surface area contributed by atoms with Gasteiger partial charge in [0.1, 0.15) is 17.5 Å². The van der Waals surface area contributed by atoms with Gasteiger partial charge in [-0.1, -0.05) is 61.7 Å². The number of nitrogens with one attached hydrogen (secondary N) is 1. The van der Waals surface area contributed by atoms with Gasteiger partial charge in [-0.2, -0.15) is 5.26 Å². The van der Waals surface area contributed by atoms with Crippen LogP contribution in [0.3, 0.4) is 0 Å². The van der Waals surface area contributed by atoms with Crippen LogP contribution in [0.25, 0.3) is 11.3 Å². The van der Waals surface area contributed by atoms with Crippen molar-refractivity contribution in [2.45, 2.75) is 43.9 Å². The molecule has 1 aliphatic carbocycles. The van der Waals surface area contributed by atoms with Gasteiger partial charge in [-0.15, -0.1) is 5.10 Å². The standard InChI is InChI=1S/C25H23FN4O/c26-20-9-5-4-8-18(20)21-19(14-27)24(28)31-25-22(21)23(29-30-25)17-12-10-16(11-13-17)15-6-2-1-3-7-15/h4-5,8-13,15,21H,1-3,6-7,28H2,(H,29,30)/t21-/m1/s1. The first kappa shape index (κ1) is 19.4. The van der Waals surface area contributed by atoms with Crippen LogP contribution in [-0.2, 0) is 0 Å². The summed E-state index contributed by atoms with van der Waals surface area (Å²) in [7, 11) is 0. The predicted molar refractivity (Wildman–Crippen MR) is 116 cm³/mol. The number of hydrogen-bond acceptors (Lipinski definition) is 4. The highest BCUT2D eigenvalue weighted by molar-refractivity contribution is 5.71. The van der Waals surface area contributed by atoms with Crippen molar-refractivity contribution in [2.75, 3.05) is 0 Å². The summed E-state index contributed by atoms with van der Waals surface area (Å²) in [6.07, 6.45) is 6.36. The molecular weight excluding hydrogens is 391 g/mol. The fourth-order valence-corrected chi connectivity index (χ4v) is 4.84. The van der Waals surface area contributed by atoms with Gasteiger partial charge in [0.15, 0.2) is 0 Å². The van der Waals surface area contributed by atoms with Crippen molar-refractivity contribution in [1.82, 2.24) is 10.2 Å². The Hall–Kier alpha value is -3.59. The number of allylic oxidation sites excluding steroid dienone is 1. The van der Waals surface area contributed by atoms with E-state index in [1.807, 2.05) is 0 Å². The van der Waals surface area contributed by atoms with E-state index in [4.69, 9.17) is 10.5 Å². The van der Waals surface area contributed by atoms with E-state index in [1.54, 1.807) is 18.2 Å². The van der Waals surface area contributed by atoms with E-state index in [0.29, 0.717) is 22.7 Å². The van der Waals surface area contributed by atoms with Crippen molar-refractivity contribution < 1.29 is 9.13 Å². The average molecular weight is 414 g/mol. The van der Waals surface area contributed by atoms with Crippen LogP contribution in [0.4, 0.5) is 4.39 Å². The van der Waals surface area contributed by atoms with Crippen molar-refractivity contribution in [3.05, 3.63) is 82.5 Å². The Kier molecular flexibility index (Phi) is 4.95. The zero-order valence-electron chi connectivity index (χ0n) is 17.1. The Morgan fingerprint density at radius 3 is 2.52 bits per heavy atom. The number of nitrogens with two attached hydrogens (primary N) is 1. The SMILES string of the molecule is N#CC1=C(N)Oc2n[nH]c(-c3ccc(C4CCCCC4)cc3)c2[C@@H]1c1ccccc1F. The van der Waals surface area contributed by atoms with E-state index >= 15 is 0 Å². The van der Waals surface area contributed by atoms with E-state index < -0.39 is 11.7 Å². The van der Waals surface area contributed by atoms with Crippen LogP contribution in [-0.4, -0.2) is 10.2 Å². The van der Waals surface area contributed by atoms with Gasteiger partial charge in [0.05, 0.1) is 17.2 Å². The summed E-state index contributed by atoms with van der Waals surface area (Å²) < 4.78 is 20.4. The minimum absolute atomic E-state index is 0.0473. The molecule has 2 aliphatic rings. The average Bonchev–Trinajstić information content (AvgIpc) is 3.23. The van der Waals surface area contributed by atoms with Gasteiger partial charge in [0.2, 0.25) is 11.8 Å². The number of aromatic amines is 1. The second-order valence-corrected chi connectivity index (χ2v) is 8.22. The van der Waals surface area contributed by atoms with Crippen LogP contribution in [0.15, 0.2) is 60.0 Å². The molecule has 2 aromatic carbocycles. The largest absolute Gasteiger partial charge is 0.420 e. The van der Waals surface area contributed by atoms with Gasteiger partial charge >= 0.3 is 0 Å². The molecule has 6 heteroatoms. The van der Waals surface area contributed by atoms with Gasteiger partial charge in [0, 0.05) is 11.1 Å². The molecule has 0 radical (unpaired) electrons. The highest BCUT2D eigenvalue weighted by Gasteiger charge is 2.36. The van der Waals surface area contributed by atoms with Crippen LogP contribution < -0.4 is 10.5 Å². The highest BCUT2D eigenvalue weighted by atomic mass is 19.1. The number of rotatable bonds is 3. The van der Waals surface area contributed by atoms with Crippen LogP contribution >= 0.6 is 0 Å². The monoisotopic (exact) mass is 414 g/mol. The van der Waals surface area contributed by atoms with Crippen molar-refractivity contribution in [3.8, 4) is 23.2 Å². The molecule has 1 aliphatic heterocycles. The number of H-pyrrole nitrogens is 1. The predicted octanol–water partition coefficient (Wildman–Crippen LogP) is 5.48. The maximum Gasteiger partial charge on any atom is 0.244 e. The molecule has 31 heavy (non-hydrogen) atoms. The molecule has 1 fully saturated rings. The summed E-state index contributed by atoms with van der Waals surface area (Å²) in [6, 6.07) is 17.0. The van der Waals surface area contributed by atoms with E-state index in [-0.39, 0.29) is 17.3 Å². The molecule has 0 unspecified atom stereocenters. The number of benzene rings is 2. The molecule has 1 aromatic heterocycles. The molecule has 5 rings (SSSR count). The molecule has 2 heterocycles. The molecule has 3 aromatic rings. The van der Waals surface area contributed by atoms with E-state index in [2.05, 4.69) is 40.5 Å². The van der Waals surface area contributed by atoms with Crippen molar-refractivity contribution in [1.29, 1.82) is 5.26 Å². The minimum atomic E-state index is -0.693. The molecule has 1 atom stereocenters. The van der Waals surface area contributed by atoms with Crippen molar-refractivity contribution >= 4 is 0 Å². The summed E-state index contributed by atoms with van der Waals surface area (Å²) >= 11 is 0. The zero-order chi connectivity index (χ0) is 21.4. The third kappa shape index (κ3) is 3.36. The fourth-order valence-electron chi connectivity index (χ4n) is 4.84. The summed E-state index contributed by atoms with van der Waals surface area (Å²) in [5.74, 6) is -0.256. The molecule has 156 valence electrons. The smallest absolute Gasteiger partial charge is 0.244 e. The molecule has 3 N–H and O–H groups in total. The molecule has 5 nitrogen and oxygen atoms in total. The van der Waals surface area contributed by atoms with Gasteiger partial charge < -0.3 is 10.5 Å². The Morgan fingerprint density at radius 1 is 1.06 bits per heavy atom. The zero-order valence-corrected chi connectivity index (χ0v) is 17.1. The Bertz CT molecular complexity index is 1180. The fraction of sp³-hybridized carbons (Fsp3) is 0.280. The molecule has 0 spiro atoms. The summed E-state index contributed by atoms with van der Waals surface area (Å²) in [5.41, 5.74) is 10.1. The van der Waals surface area contributed by atoms with Crippen LogP contribution in [0.5, 0.6) is 5.88 Å². The number of hydrogen-bond donors (Lipinski definition) is 2. The van der Waals surface area contributed by atoms with Gasteiger partial charge in [-0.25, -0.2) is 4.39 Å². The van der Waals surface area contributed by atoms with Crippen LogP contribution in [0.1, 0.15) is 60.6 Å². The van der Waals surface area contributed by atoms with Crippen LogP contribution in [0.2, 0.25) is 0 Å². The Labute approximate surface area is 180 Å². The molecule has 1 saturated carbocycles. The lowest BCUT2D eigenvalue weighted by Crippen LogP contribution is -2.21. The Balaban J connectivity index is 1.59. The Morgan fingerprint density at radius 2 is 1.81 bits per heavy atom. The number of nitrogens with zero attached hydrogens (tertiary/aromatic N) is 2. The first-order valence-electron chi connectivity index (χ1n) is 10.7. The quantitative estimate of drug-likeness (QED) is 0.594. The third-order valence-corrected chi connectivity index (χ3v) is 6.43. The lowest BCUT2D eigenvalue weighted by molar-refractivity contribution is 0.378. The van der Waals surface area contributed by atoms with E-state index in [9.17, 15) is 9.65 Å². The van der Waals surface area contributed by atoms with Gasteiger partial charge in [-0.3, -0.25) is 5.10 Å². The molecular formula is C25H23FN4O. The number of ether oxygens (including phenoxy) is 1. The van der Waals surface area contributed by atoms with Crippen molar-refractivity contribution in [3.63, 3.8) is 0 Å². The molecule has 0 saturated heterocycles. The van der Waals surface area contributed by atoms with Gasteiger partial charge in [-0.05, 0) is 30.4 Å². The summed E-state index contributed by atoms with van der Waals surface area (Å²) in [5, 5.41) is 17.1. The maximum atomic E-state index is 14.8. The first-order valence-corrected chi connectivity index (χ1v) is 10.7. The lowest BCUT2D eigenvalue weighted by atomic mass is 9.82. The number of aromatic nitrogens is 2.